The zero-order chi connectivity index (χ0) is 19.1. The fourth-order valence-electron chi connectivity index (χ4n) is 3.13. The maximum absolute atomic E-state index is 12.1. The monoisotopic (exact) mass is 361 g/mol. The summed E-state index contributed by atoms with van der Waals surface area (Å²) in [6.07, 6.45) is 1.59. The highest BCUT2D eigenvalue weighted by atomic mass is 16.5. The fourth-order valence-corrected chi connectivity index (χ4v) is 3.13. The number of carbonyl (C=O) groups excluding carboxylic acids is 3. The largest absolute Gasteiger partial charge is 0.466 e. The zero-order valence-electron chi connectivity index (χ0n) is 15.6. The van der Waals surface area contributed by atoms with Gasteiger partial charge in [0.2, 0.25) is 5.91 Å². The van der Waals surface area contributed by atoms with Crippen molar-refractivity contribution in [3.63, 3.8) is 0 Å². The Bertz CT molecular complexity index is 675. The van der Waals surface area contributed by atoms with Crippen LogP contribution in [-0.4, -0.2) is 49.0 Å². The lowest BCUT2D eigenvalue weighted by atomic mass is 9.98. The lowest BCUT2D eigenvalue weighted by Gasteiger charge is -2.30. The summed E-state index contributed by atoms with van der Waals surface area (Å²) in [5.74, 6) is -0.817. The molecular formula is C19H27N3O4. The standard InChI is InChI=1S/C19H27N3O4/c1-4-26-18(24)15-6-5-9-22(11-15)12-17(23)21-19(25)20-16-8-7-13(2)10-14(16)3/h7-8,10,15H,4-6,9,11-12H2,1-3H3,(H2,20,21,23,25). The van der Waals surface area contributed by atoms with Crippen LogP contribution in [0.15, 0.2) is 18.2 Å². The first-order valence-corrected chi connectivity index (χ1v) is 8.96. The highest BCUT2D eigenvalue weighted by molar-refractivity contribution is 6.02. The minimum absolute atomic E-state index is 0.0796. The zero-order valence-corrected chi connectivity index (χ0v) is 15.6. The lowest BCUT2D eigenvalue weighted by Crippen LogP contribution is -2.46. The first kappa shape index (κ1) is 19.9. The summed E-state index contributed by atoms with van der Waals surface area (Å²) >= 11 is 0. The molecule has 0 spiro atoms. The van der Waals surface area contributed by atoms with Crippen molar-refractivity contribution in [2.45, 2.75) is 33.6 Å². The minimum Gasteiger partial charge on any atom is -0.466 e. The van der Waals surface area contributed by atoms with Gasteiger partial charge in [0.05, 0.1) is 19.1 Å². The van der Waals surface area contributed by atoms with Crippen molar-refractivity contribution in [1.29, 1.82) is 0 Å². The van der Waals surface area contributed by atoms with Gasteiger partial charge >= 0.3 is 12.0 Å². The number of ether oxygens (including phenoxy) is 1. The van der Waals surface area contributed by atoms with Crippen LogP contribution < -0.4 is 10.6 Å². The van der Waals surface area contributed by atoms with Gasteiger partial charge in [-0.2, -0.15) is 0 Å². The second-order valence-electron chi connectivity index (χ2n) is 6.65. The summed E-state index contributed by atoms with van der Waals surface area (Å²) in [4.78, 5) is 37.9. The molecule has 2 N–H and O–H groups in total. The molecule has 7 heteroatoms. The molecule has 0 radical (unpaired) electrons. The number of nitrogens with zero attached hydrogens (tertiary/aromatic N) is 1. The number of hydrogen-bond donors (Lipinski definition) is 2. The molecule has 1 unspecified atom stereocenters. The van der Waals surface area contributed by atoms with Crippen LogP contribution in [0.25, 0.3) is 0 Å². The lowest BCUT2D eigenvalue weighted by molar-refractivity contribution is -0.150. The number of hydrogen-bond acceptors (Lipinski definition) is 5. The number of nitrogens with one attached hydrogen (secondary N) is 2. The molecule has 1 aliphatic rings. The van der Waals surface area contributed by atoms with E-state index in [9.17, 15) is 14.4 Å². The third-order valence-electron chi connectivity index (χ3n) is 4.38. The predicted octanol–water partition coefficient (Wildman–Crippen LogP) is 2.23. The molecule has 1 aromatic carbocycles. The molecule has 0 bridgehead atoms. The van der Waals surface area contributed by atoms with Gasteiger partial charge in [-0.1, -0.05) is 17.7 Å². The molecule has 1 atom stereocenters. The molecule has 1 saturated heterocycles. The Morgan fingerprint density at radius 3 is 2.73 bits per heavy atom. The minimum atomic E-state index is -0.555. The summed E-state index contributed by atoms with van der Waals surface area (Å²) in [5, 5.41) is 5.03. The Morgan fingerprint density at radius 1 is 1.27 bits per heavy atom. The van der Waals surface area contributed by atoms with E-state index in [0.29, 0.717) is 18.8 Å². The van der Waals surface area contributed by atoms with Crippen LogP contribution in [0.5, 0.6) is 0 Å². The molecule has 3 amide bonds. The summed E-state index contributed by atoms with van der Waals surface area (Å²) in [7, 11) is 0. The third-order valence-corrected chi connectivity index (χ3v) is 4.38. The number of esters is 1. The molecule has 1 fully saturated rings. The van der Waals surface area contributed by atoms with Gasteiger partial charge in [0, 0.05) is 12.2 Å². The molecular weight excluding hydrogens is 334 g/mol. The molecule has 0 aromatic heterocycles. The van der Waals surface area contributed by atoms with Gasteiger partial charge in [-0.3, -0.25) is 19.8 Å². The quantitative estimate of drug-likeness (QED) is 0.785. The molecule has 1 aliphatic heterocycles. The van der Waals surface area contributed by atoms with Gasteiger partial charge in [-0.05, 0) is 51.8 Å². The van der Waals surface area contributed by atoms with Crippen LogP contribution in [0, 0.1) is 19.8 Å². The molecule has 0 aliphatic carbocycles. The Morgan fingerprint density at radius 2 is 2.04 bits per heavy atom. The number of carbonyl (C=O) groups is 3. The number of anilines is 1. The van der Waals surface area contributed by atoms with Crippen molar-refractivity contribution in [2.75, 3.05) is 31.6 Å². The molecule has 7 nitrogen and oxygen atoms in total. The second-order valence-corrected chi connectivity index (χ2v) is 6.65. The first-order valence-electron chi connectivity index (χ1n) is 8.96. The molecule has 2 rings (SSSR count). The van der Waals surface area contributed by atoms with E-state index in [1.54, 1.807) is 6.92 Å². The van der Waals surface area contributed by atoms with Crippen molar-refractivity contribution < 1.29 is 19.1 Å². The van der Waals surface area contributed by atoms with Crippen molar-refractivity contribution >= 4 is 23.6 Å². The number of rotatable bonds is 5. The molecule has 0 saturated carbocycles. The van der Waals surface area contributed by atoms with Crippen molar-refractivity contribution in [2.24, 2.45) is 5.92 Å². The van der Waals surface area contributed by atoms with Gasteiger partial charge in [-0.15, -0.1) is 0 Å². The van der Waals surface area contributed by atoms with Crippen LogP contribution in [-0.2, 0) is 14.3 Å². The number of amides is 3. The van der Waals surface area contributed by atoms with E-state index in [2.05, 4.69) is 10.6 Å². The van der Waals surface area contributed by atoms with Gasteiger partial charge in [0.1, 0.15) is 0 Å². The normalized spacial score (nSPS) is 17.4. The second kappa shape index (κ2) is 9.33. The van der Waals surface area contributed by atoms with E-state index in [4.69, 9.17) is 4.74 Å². The Hall–Kier alpha value is -2.41. The van der Waals surface area contributed by atoms with E-state index < -0.39 is 11.9 Å². The van der Waals surface area contributed by atoms with E-state index in [0.717, 1.165) is 30.5 Å². The van der Waals surface area contributed by atoms with Crippen molar-refractivity contribution in [3.8, 4) is 0 Å². The van der Waals surface area contributed by atoms with Crippen molar-refractivity contribution in [3.05, 3.63) is 29.3 Å². The van der Waals surface area contributed by atoms with Crippen LogP contribution in [0.1, 0.15) is 30.9 Å². The van der Waals surface area contributed by atoms with Gasteiger partial charge in [-0.25, -0.2) is 4.79 Å². The van der Waals surface area contributed by atoms with Gasteiger partial charge < -0.3 is 10.1 Å². The summed E-state index contributed by atoms with van der Waals surface area (Å²) in [6, 6.07) is 5.11. The smallest absolute Gasteiger partial charge is 0.325 e. The molecule has 26 heavy (non-hydrogen) atoms. The first-order chi connectivity index (χ1) is 12.4. The Labute approximate surface area is 154 Å². The van der Waals surface area contributed by atoms with E-state index >= 15 is 0 Å². The summed E-state index contributed by atoms with van der Waals surface area (Å²) in [5.41, 5.74) is 2.70. The topological polar surface area (TPSA) is 87.7 Å². The maximum atomic E-state index is 12.1. The number of aryl methyl sites for hydroxylation is 2. The van der Waals surface area contributed by atoms with Crippen LogP contribution in [0.4, 0.5) is 10.5 Å². The number of benzene rings is 1. The van der Waals surface area contributed by atoms with E-state index in [1.807, 2.05) is 36.9 Å². The van der Waals surface area contributed by atoms with Crippen LogP contribution in [0.3, 0.4) is 0 Å². The average molecular weight is 361 g/mol. The van der Waals surface area contributed by atoms with Gasteiger partial charge in [0.25, 0.3) is 0 Å². The Kier molecular flexibility index (Phi) is 7.15. The maximum Gasteiger partial charge on any atom is 0.325 e. The predicted molar refractivity (Wildman–Crippen MR) is 98.9 cm³/mol. The third kappa shape index (κ3) is 5.84. The molecule has 1 aromatic rings. The van der Waals surface area contributed by atoms with Crippen molar-refractivity contribution in [1.82, 2.24) is 10.2 Å². The number of piperidine rings is 1. The molecule has 1 heterocycles. The van der Waals surface area contributed by atoms with E-state index in [1.165, 1.54) is 0 Å². The van der Waals surface area contributed by atoms with Gasteiger partial charge in [0.15, 0.2) is 0 Å². The number of urea groups is 1. The SMILES string of the molecule is CCOC(=O)C1CCCN(CC(=O)NC(=O)Nc2ccc(C)cc2C)C1. The summed E-state index contributed by atoms with van der Waals surface area (Å²) < 4.78 is 5.05. The Balaban J connectivity index is 1.82. The number of imide groups is 1. The number of likely N-dealkylation sites (tertiary alicyclic amines) is 1. The highest BCUT2D eigenvalue weighted by Gasteiger charge is 2.28. The molecule has 142 valence electrons. The average Bonchev–Trinajstić information content (AvgIpc) is 2.57. The van der Waals surface area contributed by atoms with Crippen LogP contribution in [0.2, 0.25) is 0 Å². The highest BCUT2D eigenvalue weighted by Crippen LogP contribution is 2.18. The van der Waals surface area contributed by atoms with E-state index in [-0.39, 0.29) is 18.4 Å². The van der Waals surface area contributed by atoms with Crippen LogP contribution >= 0.6 is 0 Å². The summed E-state index contributed by atoms with van der Waals surface area (Å²) in [6.45, 7) is 7.29. The fraction of sp³-hybridized carbons (Fsp3) is 0.526.